The Bertz CT molecular complexity index is 651. The lowest BCUT2D eigenvalue weighted by Crippen LogP contribution is -2.21. The minimum atomic E-state index is -0.694. The van der Waals surface area contributed by atoms with Crippen molar-refractivity contribution < 1.29 is 14.7 Å². The molecule has 0 aliphatic rings. The lowest BCUT2D eigenvalue weighted by molar-refractivity contribution is -0.116. The third-order valence-electron chi connectivity index (χ3n) is 2.77. The molecule has 21 heavy (non-hydrogen) atoms. The summed E-state index contributed by atoms with van der Waals surface area (Å²) in [5, 5.41) is 21.9. The molecule has 112 valence electrons. The fourth-order valence-corrected chi connectivity index (χ4v) is 2.47. The molecule has 0 aromatic carbocycles. The van der Waals surface area contributed by atoms with E-state index in [2.05, 4.69) is 15.6 Å². The van der Waals surface area contributed by atoms with Crippen LogP contribution in [0.1, 0.15) is 35.5 Å². The summed E-state index contributed by atoms with van der Waals surface area (Å²) in [6, 6.07) is 1.55. The van der Waals surface area contributed by atoms with Crippen molar-refractivity contribution in [2.45, 2.75) is 26.0 Å². The number of aromatic nitrogens is 3. The fraction of sp³-hybridized carbons (Fsp3) is 0.333. The van der Waals surface area contributed by atoms with E-state index >= 15 is 0 Å². The van der Waals surface area contributed by atoms with E-state index in [9.17, 15) is 14.7 Å². The Kier molecular flexibility index (Phi) is 4.66. The van der Waals surface area contributed by atoms with Gasteiger partial charge < -0.3 is 16.2 Å². The highest BCUT2D eigenvalue weighted by atomic mass is 32.1. The molecule has 2 aromatic rings. The molecule has 0 saturated heterocycles. The molecule has 4 N–H and O–H groups in total. The van der Waals surface area contributed by atoms with Crippen LogP contribution in [0, 0.1) is 0 Å². The number of nitrogens with one attached hydrogen (secondary N) is 1. The van der Waals surface area contributed by atoms with Gasteiger partial charge in [-0.25, -0.2) is 4.68 Å². The number of hydrogen-bond acceptors (Lipinski definition) is 6. The summed E-state index contributed by atoms with van der Waals surface area (Å²) in [4.78, 5) is 23.1. The summed E-state index contributed by atoms with van der Waals surface area (Å²) >= 11 is 1.21. The van der Waals surface area contributed by atoms with Crippen LogP contribution in [-0.4, -0.2) is 31.9 Å². The second-order valence-electron chi connectivity index (χ2n) is 4.34. The van der Waals surface area contributed by atoms with Crippen molar-refractivity contribution in [3.8, 4) is 0 Å². The van der Waals surface area contributed by atoms with Crippen LogP contribution in [-0.2, 0) is 11.3 Å². The molecule has 0 fully saturated rings. The van der Waals surface area contributed by atoms with Crippen molar-refractivity contribution >= 4 is 28.2 Å². The molecule has 2 rings (SSSR count). The first-order chi connectivity index (χ1) is 10.0. The van der Waals surface area contributed by atoms with Gasteiger partial charge in [0.25, 0.3) is 5.91 Å². The molecule has 0 radical (unpaired) electrons. The van der Waals surface area contributed by atoms with Crippen LogP contribution in [0.15, 0.2) is 17.6 Å². The number of aliphatic hydroxyl groups is 1. The zero-order valence-electron chi connectivity index (χ0n) is 11.3. The van der Waals surface area contributed by atoms with Gasteiger partial charge in [-0.05, 0) is 17.9 Å². The molecule has 2 heterocycles. The van der Waals surface area contributed by atoms with Crippen LogP contribution < -0.4 is 11.1 Å². The van der Waals surface area contributed by atoms with Gasteiger partial charge >= 0.3 is 0 Å². The van der Waals surface area contributed by atoms with Gasteiger partial charge in [-0.2, -0.15) is 0 Å². The van der Waals surface area contributed by atoms with Gasteiger partial charge in [-0.1, -0.05) is 12.1 Å². The molecule has 1 atom stereocenters. The van der Waals surface area contributed by atoms with Gasteiger partial charge in [0, 0.05) is 0 Å². The maximum atomic E-state index is 11.9. The molecule has 0 saturated carbocycles. The first-order valence-electron chi connectivity index (χ1n) is 6.26. The molecule has 0 aliphatic carbocycles. The van der Waals surface area contributed by atoms with E-state index in [0.717, 1.165) is 0 Å². The van der Waals surface area contributed by atoms with Gasteiger partial charge in [0.2, 0.25) is 5.91 Å². The SMILES string of the molecule is CCC(O)c1cn(CC(=O)Nc2sccc2C(N)=O)nn1. The van der Waals surface area contributed by atoms with Gasteiger partial charge in [-0.3, -0.25) is 9.59 Å². The van der Waals surface area contributed by atoms with Gasteiger partial charge in [-0.15, -0.1) is 16.4 Å². The van der Waals surface area contributed by atoms with Crippen LogP contribution in [0.2, 0.25) is 0 Å². The van der Waals surface area contributed by atoms with Crippen molar-refractivity contribution in [2.75, 3.05) is 5.32 Å². The maximum absolute atomic E-state index is 11.9. The number of thiophene rings is 1. The van der Waals surface area contributed by atoms with Crippen LogP contribution in [0.25, 0.3) is 0 Å². The van der Waals surface area contributed by atoms with Gasteiger partial charge in [0.05, 0.1) is 17.9 Å². The number of aliphatic hydroxyl groups excluding tert-OH is 1. The monoisotopic (exact) mass is 309 g/mol. The number of anilines is 1. The molecule has 9 heteroatoms. The molecule has 1 unspecified atom stereocenters. The Morgan fingerprint density at radius 1 is 1.57 bits per heavy atom. The average Bonchev–Trinajstić information content (AvgIpc) is 3.07. The molecule has 0 spiro atoms. The Labute approximate surface area is 124 Å². The number of amides is 2. The van der Waals surface area contributed by atoms with E-state index in [0.29, 0.717) is 17.1 Å². The second kappa shape index (κ2) is 6.46. The molecular formula is C12H15N5O3S. The minimum Gasteiger partial charge on any atom is -0.387 e. The molecular weight excluding hydrogens is 294 g/mol. The number of nitrogens with two attached hydrogens (primary N) is 1. The van der Waals surface area contributed by atoms with E-state index in [1.54, 1.807) is 11.4 Å². The quantitative estimate of drug-likeness (QED) is 0.718. The zero-order chi connectivity index (χ0) is 15.4. The first kappa shape index (κ1) is 15.1. The topological polar surface area (TPSA) is 123 Å². The molecule has 2 amide bonds. The summed E-state index contributed by atoms with van der Waals surface area (Å²) in [7, 11) is 0. The largest absolute Gasteiger partial charge is 0.387 e. The predicted octanol–water partition coefficient (Wildman–Crippen LogP) is 0.521. The van der Waals surface area contributed by atoms with Gasteiger partial charge in [0.15, 0.2) is 0 Å². The Morgan fingerprint density at radius 2 is 2.33 bits per heavy atom. The highest BCUT2D eigenvalue weighted by Gasteiger charge is 2.14. The summed E-state index contributed by atoms with van der Waals surface area (Å²) < 4.78 is 1.32. The predicted molar refractivity (Wildman–Crippen MR) is 76.7 cm³/mol. The highest BCUT2D eigenvalue weighted by molar-refractivity contribution is 7.14. The van der Waals surface area contributed by atoms with E-state index in [4.69, 9.17) is 5.73 Å². The Morgan fingerprint density at radius 3 is 3.00 bits per heavy atom. The van der Waals surface area contributed by atoms with Crippen LogP contribution in [0.3, 0.4) is 0 Å². The highest BCUT2D eigenvalue weighted by Crippen LogP contribution is 2.22. The van der Waals surface area contributed by atoms with Crippen molar-refractivity contribution in [2.24, 2.45) is 5.73 Å². The Balaban J connectivity index is 2.00. The van der Waals surface area contributed by atoms with Crippen LogP contribution in [0.4, 0.5) is 5.00 Å². The van der Waals surface area contributed by atoms with E-state index < -0.39 is 12.0 Å². The van der Waals surface area contributed by atoms with E-state index in [-0.39, 0.29) is 18.0 Å². The van der Waals surface area contributed by atoms with Crippen LogP contribution >= 0.6 is 11.3 Å². The smallest absolute Gasteiger partial charge is 0.251 e. The number of carbonyl (C=O) groups is 2. The summed E-state index contributed by atoms with van der Waals surface area (Å²) in [6.45, 7) is 1.75. The summed E-state index contributed by atoms with van der Waals surface area (Å²) in [6.07, 6.45) is 1.33. The Hall–Kier alpha value is -2.26. The van der Waals surface area contributed by atoms with Crippen molar-refractivity contribution in [3.63, 3.8) is 0 Å². The van der Waals surface area contributed by atoms with E-state index in [1.807, 2.05) is 6.92 Å². The average molecular weight is 309 g/mol. The lowest BCUT2D eigenvalue weighted by atomic mass is 10.2. The van der Waals surface area contributed by atoms with Crippen molar-refractivity contribution in [1.82, 2.24) is 15.0 Å². The number of rotatable bonds is 6. The van der Waals surface area contributed by atoms with Crippen molar-refractivity contribution in [3.05, 3.63) is 28.9 Å². The minimum absolute atomic E-state index is 0.0699. The second-order valence-corrected chi connectivity index (χ2v) is 5.26. The third-order valence-corrected chi connectivity index (χ3v) is 3.60. The summed E-state index contributed by atoms with van der Waals surface area (Å²) in [5.74, 6) is -0.956. The molecule has 2 aromatic heterocycles. The molecule has 0 aliphatic heterocycles. The fourth-order valence-electron chi connectivity index (χ4n) is 1.67. The van der Waals surface area contributed by atoms with Crippen LogP contribution in [0.5, 0.6) is 0 Å². The zero-order valence-corrected chi connectivity index (χ0v) is 12.1. The van der Waals surface area contributed by atoms with Gasteiger partial charge in [0.1, 0.15) is 17.2 Å². The summed E-state index contributed by atoms with van der Waals surface area (Å²) in [5.41, 5.74) is 5.89. The molecule has 0 bridgehead atoms. The first-order valence-corrected chi connectivity index (χ1v) is 7.14. The number of carbonyl (C=O) groups excluding carboxylic acids is 2. The lowest BCUT2D eigenvalue weighted by Gasteiger charge is -2.04. The maximum Gasteiger partial charge on any atom is 0.251 e. The standard InChI is InChI=1S/C12H15N5O3S/c1-2-9(18)8-5-17(16-15-8)6-10(19)14-12-7(11(13)20)3-4-21-12/h3-5,9,18H,2,6H2,1H3,(H2,13,20)(H,14,19). The number of hydrogen-bond donors (Lipinski definition) is 3. The van der Waals surface area contributed by atoms with Crippen molar-refractivity contribution in [1.29, 1.82) is 0 Å². The normalized spacial score (nSPS) is 12.1. The number of primary amides is 1. The third kappa shape index (κ3) is 3.64. The van der Waals surface area contributed by atoms with E-state index in [1.165, 1.54) is 22.2 Å². The number of nitrogens with zero attached hydrogens (tertiary/aromatic N) is 3. The molecule has 8 nitrogen and oxygen atoms in total.